The van der Waals surface area contributed by atoms with Gasteiger partial charge in [0.1, 0.15) is 12.3 Å². The molecule has 146 valence electrons. The van der Waals surface area contributed by atoms with Crippen molar-refractivity contribution >= 4 is 5.91 Å². The van der Waals surface area contributed by atoms with Gasteiger partial charge in [0.15, 0.2) is 18.0 Å². The van der Waals surface area contributed by atoms with Crippen LogP contribution in [0.25, 0.3) is 0 Å². The number of ether oxygens (including phenoxy) is 3. The van der Waals surface area contributed by atoms with Crippen LogP contribution in [0.3, 0.4) is 0 Å². The van der Waals surface area contributed by atoms with Crippen LogP contribution in [-0.4, -0.2) is 47.4 Å². The van der Waals surface area contributed by atoms with Gasteiger partial charge in [0.2, 0.25) is 0 Å². The largest absolute Gasteiger partial charge is 0.497 e. The smallest absolute Gasteiger partial charge is 0.275 e. The number of quaternary nitrogens is 1. The van der Waals surface area contributed by atoms with E-state index in [4.69, 9.17) is 14.2 Å². The number of nitrogens with one attached hydrogen (secondary N) is 2. The van der Waals surface area contributed by atoms with Gasteiger partial charge in [-0.25, -0.2) is 0 Å². The maximum Gasteiger partial charge on any atom is 0.275 e. The van der Waals surface area contributed by atoms with Crippen LogP contribution < -0.4 is 24.4 Å². The standard InChI is InChI=1S/C21H28N2O4/c1-23(14-17-5-8-18(25-2)9-6-17)15-21(24)22-12-11-16-7-10-19(26-3)20(13-16)27-4/h5-10,13H,11-12,14-15H2,1-4H3,(H,22,24)/p+1. The van der Waals surface area contributed by atoms with E-state index in [0.717, 1.165) is 29.2 Å². The Morgan fingerprint density at radius 1 is 0.926 bits per heavy atom. The third-order valence-corrected chi connectivity index (χ3v) is 4.31. The molecular weight excluding hydrogens is 344 g/mol. The second kappa shape index (κ2) is 10.4. The summed E-state index contributed by atoms with van der Waals surface area (Å²) < 4.78 is 15.7. The molecule has 0 fully saturated rings. The zero-order chi connectivity index (χ0) is 19.6. The van der Waals surface area contributed by atoms with Crippen molar-refractivity contribution in [3.8, 4) is 17.2 Å². The SMILES string of the molecule is COc1ccc(C[NH+](C)CC(=O)NCCc2ccc(OC)c(OC)c2)cc1. The Kier molecular flexibility index (Phi) is 7.95. The number of amides is 1. The molecule has 27 heavy (non-hydrogen) atoms. The minimum absolute atomic E-state index is 0.0430. The van der Waals surface area contributed by atoms with E-state index in [2.05, 4.69) is 5.32 Å². The van der Waals surface area contributed by atoms with Gasteiger partial charge >= 0.3 is 0 Å². The van der Waals surface area contributed by atoms with Crippen molar-refractivity contribution in [2.75, 3.05) is 41.5 Å². The first-order valence-electron chi connectivity index (χ1n) is 8.97. The van der Waals surface area contributed by atoms with Gasteiger partial charge in [0, 0.05) is 12.1 Å². The van der Waals surface area contributed by atoms with Crippen LogP contribution in [0.5, 0.6) is 17.2 Å². The van der Waals surface area contributed by atoms with Gasteiger partial charge in [0.05, 0.1) is 28.4 Å². The zero-order valence-electron chi connectivity index (χ0n) is 16.5. The molecule has 0 radical (unpaired) electrons. The lowest BCUT2D eigenvalue weighted by Crippen LogP contribution is -3.08. The van der Waals surface area contributed by atoms with Crippen LogP contribution in [0.1, 0.15) is 11.1 Å². The molecule has 1 atom stereocenters. The van der Waals surface area contributed by atoms with E-state index < -0.39 is 0 Å². The minimum Gasteiger partial charge on any atom is -0.497 e. The quantitative estimate of drug-likeness (QED) is 0.654. The van der Waals surface area contributed by atoms with E-state index >= 15 is 0 Å². The Morgan fingerprint density at radius 3 is 2.22 bits per heavy atom. The molecule has 0 spiro atoms. The number of benzene rings is 2. The summed E-state index contributed by atoms with van der Waals surface area (Å²) in [7, 11) is 6.89. The molecule has 0 saturated carbocycles. The van der Waals surface area contributed by atoms with Gasteiger partial charge in [-0.3, -0.25) is 4.79 Å². The molecule has 0 aromatic heterocycles. The lowest BCUT2D eigenvalue weighted by Gasteiger charge is -2.14. The van der Waals surface area contributed by atoms with E-state index in [1.54, 1.807) is 21.3 Å². The number of methoxy groups -OCH3 is 3. The Hall–Kier alpha value is -2.73. The highest BCUT2D eigenvalue weighted by molar-refractivity contribution is 5.76. The molecule has 1 amide bonds. The molecule has 0 aliphatic carbocycles. The van der Waals surface area contributed by atoms with Crippen LogP contribution in [0.2, 0.25) is 0 Å². The van der Waals surface area contributed by atoms with Crippen molar-refractivity contribution in [3.63, 3.8) is 0 Å². The number of hydrogen-bond acceptors (Lipinski definition) is 4. The van der Waals surface area contributed by atoms with Gasteiger partial charge in [-0.1, -0.05) is 6.07 Å². The maximum absolute atomic E-state index is 12.2. The summed E-state index contributed by atoms with van der Waals surface area (Å²) in [4.78, 5) is 13.3. The van der Waals surface area contributed by atoms with Crippen LogP contribution in [0, 0.1) is 0 Å². The Balaban J connectivity index is 1.75. The first-order valence-corrected chi connectivity index (χ1v) is 8.97. The molecule has 2 aromatic carbocycles. The normalized spacial score (nSPS) is 11.6. The molecule has 0 heterocycles. The fourth-order valence-corrected chi connectivity index (χ4v) is 2.87. The predicted octanol–water partition coefficient (Wildman–Crippen LogP) is 1.09. The van der Waals surface area contributed by atoms with Crippen molar-refractivity contribution < 1.29 is 23.9 Å². The highest BCUT2D eigenvalue weighted by Crippen LogP contribution is 2.27. The molecule has 0 bridgehead atoms. The molecular formula is C21H29N2O4+. The van der Waals surface area contributed by atoms with Crippen LogP contribution in [0.4, 0.5) is 0 Å². The van der Waals surface area contributed by atoms with E-state index in [1.807, 2.05) is 49.5 Å². The van der Waals surface area contributed by atoms with Gasteiger partial charge < -0.3 is 24.4 Å². The number of carbonyl (C=O) groups excluding carboxylic acids is 1. The number of carbonyl (C=O) groups is 1. The van der Waals surface area contributed by atoms with E-state index in [9.17, 15) is 4.79 Å². The summed E-state index contributed by atoms with van der Waals surface area (Å²) >= 11 is 0. The lowest BCUT2D eigenvalue weighted by molar-refractivity contribution is -0.885. The van der Waals surface area contributed by atoms with Crippen molar-refractivity contribution in [2.45, 2.75) is 13.0 Å². The second-order valence-electron chi connectivity index (χ2n) is 6.45. The van der Waals surface area contributed by atoms with Crippen molar-refractivity contribution in [1.29, 1.82) is 0 Å². The third-order valence-electron chi connectivity index (χ3n) is 4.31. The van der Waals surface area contributed by atoms with Crippen molar-refractivity contribution in [2.24, 2.45) is 0 Å². The molecule has 2 rings (SSSR count). The summed E-state index contributed by atoms with van der Waals surface area (Å²) in [6, 6.07) is 13.7. The van der Waals surface area contributed by atoms with E-state index in [-0.39, 0.29) is 5.91 Å². The molecule has 6 heteroatoms. The third kappa shape index (κ3) is 6.49. The molecule has 1 unspecified atom stereocenters. The van der Waals surface area contributed by atoms with Gasteiger partial charge in [0.25, 0.3) is 5.91 Å². The fraction of sp³-hybridized carbons (Fsp3) is 0.381. The number of hydrogen-bond donors (Lipinski definition) is 2. The molecule has 0 saturated heterocycles. The topological polar surface area (TPSA) is 61.2 Å². The minimum atomic E-state index is 0.0430. The van der Waals surface area contributed by atoms with E-state index in [1.165, 1.54) is 5.56 Å². The zero-order valence-corrected chi connectivity index (χ0v) is 16.5. The summed E-state index contributed by atoms with van der Waals surface area (Å²) in [6.45, 7) is 1.80. The van der Waals surface area contributed by atoms with Crippen molar-refractivity contribution in [3.05, 3.63) is 53.6 Å². The molecule has 2 N–H and O–H groups in total. The Bertz CT molecular complexity index is 731. The Labute approximate surface area is 161 Å². The Morgan fingerprint density at radius 2 is 1.59 bits per heavy atom. The van der Waals surface area contributed by atoms with Gasteiger partial charge in [-0.05, 0) is 48.4 Å². The lowest BCUT2D eigenvalue weighted by atomic mass is 10.1. The predicted molar refractivity (Wildman–Crippen MR) is 105 cm³/mol. The summed E-state index contributed by atoms with van der Waals surface area (Å²) in [6.07, 6.45) is 0.740. The molecule has 0 aliphatic heterocycles. The van der Waals surface area contributed by atoms with Crippen LogP contribution in [0.15, 0.2) is 42.5 Å². The van der Waals surface area contributed by atoms with Gasteiger partial charge in [-0.2, -0.15) is 0 Å². The second-order valence-corrected chi connectivity index (χ2v) is 6.45. The highest BCUT2D eigenvalue weighted by Gasteiger charge is 2.11. The summed E-state index contributed by atoms with van der Waals surface area (Å²) in [5, 5.41) is 2.98. The van der Waals surface area contributed by atoms with E-state index in [0.29, 0.717) is 24.6 Å². The number of likely N-dealkylation sites (N-methyl/N-ethyl adjacent to an activating group) is 1. The first kappa shape index (κ1) is 20.6. The molecule has 6 nitrogen and oxygen atoms in total. The van der Waals surface area contributed by atoms with Crippen molar-refractivity contribution in [1.82, 2.24) is 5.32 Å². The van der Waals surface area contributed by atoms with Crippen LogP contribution >= 0.6 is 0 Å². The number of rotatable bonds is 10. The average molecular weight is 373 g/mol. The van der Waals surface area contributed by atoms with Gasteiger partial charge in [-0.15, -0.1) is 0 Å². The molecule has 0 aliphatic rings. The first-order chi connectivity index (χ1) is 13.0. The summed E-state index contributed by atoms with van der Waals surface area (Å²) in [5.74, 6) is 2.28. The fourth-order valence-electron chi connectivity index (χ4n) is 2.87. The highest BCUT2D eigenvalue weighted by atomic mass is 16.5. The molecule has 2 aromatic rings. The van der Waals surface area contributed by atoms with Crippen LogP contribution in [-0.2, 0) is 17.8 Å². The average Bonchev–Trinajstić information content (AvgIpc) is 2.68. The maximum atomic E-state index is 12.2. The monoisotopic (exact) mass is 373 g/mol. The summed E-state index contributed by atoms with van der Waals surface area (Å²) in [5.41, 5.74) is 2.26.